The molecule has 27 heavy (non-hydrogen) atoms. The van der Waals surface area contributed by atoms with E-state index in [9.17, 15) is 9.59 Å². The van der Waals surface area contributed by atoms with Crippen molar-refractivity contribution in [3.05, 3.63) is 59.7 Å². The third kappa shape index (κ3) is 5.33. The molecule has 2 amide bonds. The molecular weight excluding hydrogens is 338 g/mol. The molecule has 0 radical (unpaired) electrons. The van der Waals surface area contributed by atoms with Gasteiger partial charge in [0.25, 0.3) is 5.91 Å². The summed E-state index contributed by atoms with van der Waals surface area (Å²) in [5, 5.41) is 5.93. The minimum absolute atomic E-state index is 0.0934. The van der Waals surface area contributed by atoms with Crippen LogP contribution in [0.3, 0.4) is 0 Å². The average molecular weight is 367 g/mol. The molecule has 144 valence electrons. The van der Waals surface area contributed by atoms with Crippen LogP contribution in [0.1, 0.15) is 49.7 Å². The molecule has 0 bridgehead atoms. The second-order valence-electron chi connectivity index (χ2n) is 7.94. The first-order valence-corrected chi connectivity index (χ1v) is 9.08. The molecule has 0 aliphatic rings. The lowest BCUT2D eigenvalue weighted by molar-refractivity contribution is -0.123. The van der Waals surface area contributed by atoms with Crippen molar-refractivity contribution in [2.75, 3.05) is 24.3 Å². The molecule has 1 atom stereocenters. The number of carbonyl (C=O) groups excluding carboxylic acids is 2. The number of anilines is 2. The van der Waals surface area contributed by atoms with Crippen LogP contribution in [0.4, 0.5) is 11.4 Å². The van der Waals surface area contributed by atoms with Crippen molar-refractivity contribution in [3.8, 4) is 0 Å². The Morgan fingerprint density at radius 1 is 1.00 bits per heavy atom. The van der Waals surface area contributed by atoms with Gasteiger partial charge in [0, 0.05) is 30.9 Å². The van der Waals surface area contributed by atoms with Gasteiger partial charge in [-0.25, -0.2) is 0 Å². The van der Waals surface area contributed by atoms with E-state index in [2.05, 4.69) is 10.6 Å². The highest BCUT2D eigenvalue weighted by Crippen LogP contribution is 2.25. The third-order valence-corrected chi connectivity index (χ3v) is 4.31. The molecule has 0 fully saturated rings. The van der Waals surface area contributed by atoms with Crippen LogP contribution in [-0.2, 0) is 4.79 Å². The Morgan fingerprint density at radius 3 is 2.19 bits per heavy atom. The van der Waals surface area contributed by atoms with Crippen LogP contribution in [0.2, 0.25) is 0 Å². The monoisotopic (exact) mass is 367 g/mol. The zero-order chi connectivity index (χ0) is 20.2. The smallest absolute Gasteiger partial charge is 0.253 e. The summed E-state index contributed by atoms with van der Waals surface area (Å²) in [5.74, 6) is -0.272. The van der Waals surface area contributed by atoms with Gasteiger partial charge in [-0.05, 0) is 30.7 Å². The zero-order valence-corrected chi connectivity index (χ0v) is 17.0. The SMILES string of the molecule is CC(NC(=O)c1cc(NC(=O)C(C)(C)C)ccc1N(C)C)c1ccccc1. The second kappa shape index (κ2) is 8.25. The molecule has 0 saturated heterocycles. The quantitative estimate of drug-likeness (QED) is 0.831. The van der Waals surface area contributed by atoms with Crippen molar-refractivity contribution in [1.29, 1.82) is 0 Å². The zero-order valence-electron chi connectivity index (χ0n) is 17.0. The maximum Gasteiger partial charge on any atom is 0.253 e. The maximum atomic E-state index is 12.9. The number of nitrogens with zero attached hydrogens (tertiary/aromatic N) is 1. The van der Waals surface area contributed by atoms with Gasteiger partial charge < -0.3 is 15.5 Å². The summed E-state index contributed by atoms with van der Waals surface area (Å²) in [4.78, 5) is 27.1. The van der Waals surface area contributed by atoms with E-state index in [1.165, 1.54) is 0 Å². The van der Waals surface area contributed by atoms with Crippen molar-refractivity contribution < 1.29 is 9.59 Å². The Kier molecular flexibility index (Phi) is 6.26. The first-order valence-electron chi connectivity index (χ1n) is 9.08. The lowest BCUT2D eigenvalue weighted by atomic mass is 9.95. The minimum atomic E-state index is -0.509. The number of carbonyl (C=O) groups is 2. The molecule has 2 N–H and O–H groups in total. The molecule has 5 nitrogen and oxygen atoms in total. The Hall–Kier alpha value is -2.82. The molecule has 0 spiro atoms. The highest BCUT2D eigenvalue weighted by molar-refractivity contribution is 6.02. The van der Waals surface area contributed by atoms with Crippen molar-refractivity contribution in [1.82, 2.24) is 5.32 Å². The molecular formula is C22H29N3O2. The molecule has 2 aromatic carbocycles. The molecule has 2 aromatic rings. The summed E-state index contributed by atoms with van der Waals surface area (Å²) in [6, 6.07) is 15.1. The van der Waals surface area contributed by atoms with E-state index in [0.29, 0.717) is 11.3 Å². The highest BCUT2D eigenvalue weighted by atomic mass is 16.2. The van der Waals surface area contributed by atoms with Gasteiger partial charge >= 0.3 is 0 Å². The van der Waals surface area contributed by atoms with Crippen LogP contribution in [0.25, 0.3) is 0 Å². The van der Waals surface area contributed by atoms with Crippen molar-refractivity contribution >= 4 is 23.2 Å². The first kappa shape index (κ1) is 20.5. The number of hydrogen-bond donors (Lipinski definition) is 2. The number of hydrogen-bond acceptors (Lipinski definition) is 3. The second-order valence-corrected chi connectivity index (χ2v) is 7.94. The summed E-state index contributed by atoms with van der Waals surface area (Å²) < 4.78 is 0. The molecule has 0 aliphatic heterocycles. The van der Waals surface area contributed by atoms with E-state index in [1.807, 2.05) is 89.2 Å². The minimum Gasteiger partial charge on any atom is -0.377 e. The molecule has 0 heterocycles. The van der Waals surface area contributed by atoms with Crippen molar-refractivity contribution in [3.63, 3.8) is 0 Å². The van der Waals surface area contributed by atoms with Gasteiger partial charge in [-0.1, -0.05) is 51.1 Å². The topological polar surface area (TPSA) is 61.4 Å². The summed E-state index contributed by atoms with van der Waals surface area (Å²) in [6.45, 7) is 7.51. The Balaban J connectivity index is 2.28. The fraction of sp³-hybridized carbons (Fsp3) is 0.364. The van der Waals surface area contributed by atoms with E-state index in [4.69, 9.17) is 0 Å². The van der Waals surface area contributed by atoms with Crippen molar-refractivity contribution in [2.45, 2.75) is 33.7 Å². The predicted molar refractivity (Wildman–Crippen MR) is 111 cm³/mol. The lowest BCUT2D eigenvalue weighted by Crippen LogP contribution is -2.29. The van der Waals surface area contributed by atoms with Crippen LogP contribution < -0.4 is 15.5 Å². The first-order chi connectivity index (χ1) is 12.6. The summed E-state index contributed by atoms with van der Waals surface area (Å²) in [7, 11) is 3.78. The Morgan fingerprint density at radius 2 is 1.63 bits per heavy atom. The molecule has 0 saturated carbocycles. The van der Waals surface area contributed by atoms with Crippen LogP contribution in [0, 0.1) is 5.41 Å². The van der Waals surface area contributed by atoms with Crippen LogP contribution >= 0.6 is 0 Å². The number of nitrogens with one attached hydrogen (secondary N) is 2. The standard InChI is InChI=1S/C22H29N3O2/c1-15(16-10-8-7-9-11-16)23-20(26)18-14-17(12-13-19(18)25(5)6)24-21(27)22(2,3)4/h7-15H,1-6H3,(H,23,26)(H,24,27). The summed E-state index contributed by atoms with van der Waals surface area (Å²) in [6.07, 6.45) is 0. The highest BCUT2D eigenvalue weighted by Gasteiger charge is 2.22. The van der Waals surface area contributed by atoms with Gasteiger partial charge in [-0.15, -0.1) is 0 Å². The Labute approximate surface area is 161 Å². The Bertz CT molecular complexity index is 808. The molecule has 2 rings (SSSR count). The summed E-state index contributed by atoms with van der Waals surface area (Å²) in [5.41, 5.74) is 2.45. The average Bonchev–Trinajstić information content (AvgIpc) is 2.61. The summed E-state index contributed by atoms with van der Waals surface area (Å²) >= 11 is 0. The lowest BCUT2D eigenvalue weighted by Gasteiger charge is -2.22. The fourth-order valence-corrected chi connectivity index (χ4v) is 2.60. The predicted octanol–water partition coefficient (Wildman–Crippen LogP) is 4.23. The fourth-order valence-electron chi connectivity index (χ4n) is 2.60. The van der Waals surface area contributed by atoms with Crippen LogP contribution in [0.15, 0.2) is 48.5 Å². The third-order valence-electron chi connectivity index (χ3n) is 4.31. The van der Waals surface area contributed by atoms with Crippen LogP contribution in [-0.4, -0.2) is 25.9 Å². The number of rotatable bonds is 5. The molecule has 0 aliphatic carbocycles. The van der Waals surface area contributed by atoms with E-state index in [1.54, 1.807) is 6.07 Å². The van der Waals surface area contributed by atoms with E-state index in [0.717, 1.165) is 11.3 Å². The van der Waals surface area contributed by atoms with E-state index >= 15 is 0 Å². The van der Waals surface area contributed by atoms with E-state index < -0.39 is 5.41 Å². The van der Waals surface area contributed by atoms with Crippen LogP contribution in [0.5, 0.6) is 0 Å². The van der Waals surface area contributed by atoms with Gasteiger partial charge in [0.05, 0.1) is 11.6 Å². The van der Waals surface area contributed by atoms with Gasteiger partial charge in [-0.2, -0.15) is 0 Å². The molecule has 0 aromatic heterocycles. The molecule has 1 unspecified atom stereocenters. The van der Waals surface area contributed by atoms with Gasteiger partial charge in [0.2, 0.25) is 5.91 Å². The normalized spacial score (nSPS) is 12.2. The van der Waals surface area contributed by atoms with Crippen molar-refractivity contribution in [2.24, 2.45) is 5.41 Å². The maximum absolute atomic E-state index is 12.9. The van der Waals surface area contributed by atoms with Gasteiger partial charge in [0.15, 0.2) is 0 Å². The van der Waals surface area contributed by atoms with Gasteiger partial charge in [0.1, 0.15) is 0 Å². The number of benzene rings is 2. The molecule has 5 heteroatoms. The largest absolute Gasteiger partial charge is 0.377 e. The van der Waals surface area contributed by atoms with Gasteiger partial charge in [-0.3, -0.25) is 9.59 Å². The van der Waals surface area contributed by atoms with E-state index in [-0.39, 0.29) is 17.9 Å². The number of amides is 2.